The number of nitrogens with two attached hydrogens (primary N) is 1. The number of carbonyl (C=O) groups is 1. The SMILES string of the molecule is Cc1cc(F)c(NC(=O)C(C)(N)C2CC2)cc1F. The first-order valence-electron chi connectivity index (χ1n) is 5.88. The van der Waals surface area contributed by atoms with Crippen LogP contribution in [0.25, 0.3) is 0 Å². The summed E-state index contributed by atoms with van der Waals surface area (Å²) >= 11 is 0. The van der Waals surface area contributed by atoms with Crippen LogP contribution in [-0.4, -0.2) is 11.4 Å². The normalized spacial score (nSPS) is 18.3. The van der Waals surface area contributed by atoms with Crippen molar-refractivity contribution < 1.29 is 13.6 Å². The van der Waals surface area contributed by atoms with Crippen LogP contribution in [0.15, 0.2) is 12.1 Å². The summed E-state index contributed by atoms with van der Waals surface area (Å²) in [7, 11) is 0. The van der Waals surface area contributed by atoms with E-state index in [0.717, 1.165) is 25.0 Å². The molecule has 0 aromatic heterocycles. The number of anilines is 1. The lowest BCUT2D eigenvalue weighted by molar-refractivity contribution is -0.121. The maximum Gasteiger partial charge on any atom is 0.244 e. The van der Waals surface area contributed by atoms with Crippen LogP contribution in [0.5, 0.6) is 0 Å². The highest BCUT2D eigenvalue weighted by atomic mass is 19.1. The molecule has 1 aromatic carbocycles. The van der Waals surface area contributed by atoms with E-state index >= 15 is 0 Å². The average molecular weight is 254 g/mol. The minimum Gasteiger partial charge on any atom is -0.322 e. The smallest absolute Gasteiger partial charge is 0.244 e. The van der Waals surface area contributed by atoms with Gasteiger partial charge in [0.1, 0.15) is 11.6 Å². The van der Waals surface area contributed by atoms with E-state index in [0.29, 0.717) is 0 Å². The molecule has 0 bridgehead atoms. The van der Waals surface area contributed by atoms with Crippen LogP contribution in [0, 0.1) is 24.5 Å². The average Bonchev–Trinajstić information content (AvgIpc) is 3.09. The molecule has 1 fully saturated rings. The Morgan fingerprint density at radius 2 is 2.00 bits per heavy atom. The van der Waals surface area contributed by atoms with E-state index in [1.807, 2.05) is 0 Å². The van der Waals surface area contributed by atoms with Gasteiger partial charge in [-0.3, -0.25) is 4.79 Å². The Balaban J connectivity index is 2.19. The zero-order chi connectivity index (χ0) is 13.5. The molecule has 98 valence electrons. The van der Waals surface area contributed by atoms with Crippen LogP contribution >= 0.6 is 0 Å². The van der Waals surface area contributed by atoms with Crippen molar-refractivity contribution in [3.8, 4) is 0 Å². The van der Waals surface area contributed by atoms with Crippen LogP contribution in [0.3, 0.4) is 0 Å². The molecule has 18 heavy (non-hydrogen) atoms. The summed E-state index contributed by atoms with van der Waals surface area (Å²) < 4.78 is 26.9. The van der Waals surface area contributed by atoms with Gasteiger partial charge < -0.3 is 11.1 Å². The van der Waals surface area contributed by atoms with Crippen molar-refractivity contribution in [2.24, 2.45) is 11.7 Å². The number of hydrogen-bond donors (Lipinski definition) is 2. The predicted molar refractivity (Wildman–Crippen MR) is 65.0 cm³/mol. The van der Waals surface area contributed by atoms with Gasteiger partial charge >= 0.3 is 0 Å². The minimum atomic E-state index is -1.03. The Kier molecular flexibility index (Phi) is 3.11. The lowest BCUT2D eigenvalue weighted by atomic mass is 9.96. The molecule has 0 spiro atoms. The molecule has 2 rings (SSSR count). The molecule has 0 saturated heterocycles. The summed E-state index contributed by atoms with van der Waals surface area (Å²) in [4.78, 5) is 11.9. The molecule has 0 radical (unpaired) electrons. The first-order chi connectivity index (χ1) is 8.32. The van der Waals surface area contributed by atoms with Gasteiger partial charge in [-0.05, 0) is 44.2 Å². The van der Waals surface area contributed by atoms with Crippen LogP contribution in [0.4, 0.5) is 14.5 Å². The summed E-state index contributed by atoms with van der Waals surface area (Å²) in [5.41, 5.74) is 4.90. The zero-order valence-electron chi connectivity index (χ0n) is 10.4. The van der Waals surface area contributed by atoms with E-state index in [1.165, 1.54) is 6.92 Å². The fourth-order valence-electron chi connectivity index (χ4n) is 1.87. The quantitative estimate of drug-likeness (QED) is 0.869. The summed E-state index contributed by atoms with van der Waals surface area (Å²) in [6.07, 6.45) is 1.79. The third kappa shape index (κ3) is 2.36. The number of amides is 1. The summed E-state index contributed by atoms with van der Waals surface area (Å²) in [6.45, 7) is 3.07. The number of hydrogen-bond acceptors (Lipinski definition) is 2. The number of benzene rings is 1. The minimum absolute atomic E-state index is 0.121. The highest BCUT2D eigenvalue weighted by Crippen LogP contribution is 2.38. The lowest BCUT2D eigenvalue weighted by Crippen LogP contribution is -2.50. The third-order valence-electron chi connectivity index (χ3n) is 3.41. The second-order valence-corrected chi connectivity index (χ2v) is 5.09. The number of carbonyl (C=O) groups excluding carboxylic acids is 1. The van der Waals surface area contributed by atoms with E-state index < -0.39 is 23.1 Å². The summed E-state index contributed by atoms with van der Waals surface area (Å²) in [5, 5.41) is 2.36. The molecular weight excluding hydrogens is 238 g/mol. The second-order valence-electron chi connectivity index (χ2n) is 5.09. The summed E-state index contributed by atoms with van der Waals surface area (Å²) in [6, 6.07) is 2.03. The first kappa shape index (κ1) is 13.0. The van der Waals surface area contributed by atoms with Crippen LogP contribution in [0.2, 0.25) is 0 Å². The molecule has 1 aromatic rings. The van der Waals surface area contributed by atoms with Gasteiger partial charge in [0.15, 0.2) is 0 Å². The van der Waals surface area contributed by atoms with Gasteiger partial charge in [-0.15, -0.1) is 0 Å². The van der Waals surface area contributed by atoms with E-state index in [2.05, 4.69) is 5.32 Å². The first-order valence-corrected chi connectivity index (χ1v) is 5.88. The topological polar surface area (TPSA) is 55.1 Å². The predicted octanol–water partition coefficient (Wildman–Crippen LogP) is 2.34. The van der Waals surface area contributed by atoms with Gasteiger partial charge in [0.05, 0.1) is 11.2 Å². The van der Waals surface area contributed by atoms with Crippen molar-refractivity contribution in [1.29, 1.82) is 0 Å². The van der Waals surface area contributed by atoms with Crippen LogP contribution < -0.4 is 11.1 Å². The molecule has 1 aliphatic carbocycles. The van der Waals surface area contributed by atoms with E-state index in [9.17, 15) is 13.6 Å². The van der Waals surface area contributed by atoms with Crippen molar-refractivity contribution in [2.45, 2.75) is 32.2 Å². The molecule has 5 heteroatoms. The molecule has 0 aliphatic heterocycles. The number of rotatable bonds is 3. The number of nitrogens with one attached hydrogen (secondary N) is 1. The Labute approximate surface area is 104 Å². The number of halogens is 2. The summed E-state index contributed by atoms with van der Waals surface area (Å²) in [5.74, 6) is -1.58. The Morgan fingerprint density at radius 3 is 2.56 bits per heavy atom. The fraction of sp³-hybridized carbons (Fsp3) is 0.462. The monoisotopic (exact) mass is 254 g/mol. The van der Waals surface area contributed by atoms with Crippen molar-refractivity contribution >= 4 is 11.6 Å². The standard InChI is InChI=1S/C13H16F2N2O/c1-7-5-10(15)11(6-9(7)14)17-12(18)13(2,16)8-3-4-8/h5-6,8H,3-4,16H2,1-2H3,(H,17,18). The Bertz CT molecular complexity index is 496. The number of aryl methyl sites for hydroxylation is 1. The highest BCUT2D eigenvalue weighted by Gasteiger charge is 2.44. The molecule has 1 aliphatic rings. The molecule has 3 nitrogen and oxygen atoms in total. The molecule has 1 atom stereocenters. The lowest BCUT2D eigenvalue weighted by Gasteiger charge is -2.23. The van der Waals surface area contributed by atoms with Crippen molar-refractivity contribution in [3.63, 3.8) is 0 Å². The van der Waals surface area contributed by atoms with E-state index in [1.54, 1.807) is 6.92 Å². The maximum atomic E-state index is 13.6. The van der Waals surface area contributed by atoms with Crippen molar-refractivity contribution in [3.05, 3.63) is 29.3 Å². The maximum absolute atomic E-state index is 13.6. The van der Waals surface area contributed by atoms with E-state index in [-0.39, 0.29) is 17.2 Å². The molecular formula is C13H16F2N2O. The van der Waals surface area contributed by atoms with Crippen molar-refractivity contribution in [1.82, 2.24) is 0 Å². The molecule has 1 unspecified atom stereocenters. The van der Waals surface area contributed by atoms with E-state index in [4.69, 9.17) is 5.73 Å². The van der Waals surface area contributed by atoms with Crippen LogP contribution in [-0.2, 0) is 4.79 Å². The second kappa shape index (κ2) is 4.31. The highest BCUT2D eigenvalue weighted by molar-refractivity contribution is 5.98. The van der Waals surface area contributed by atoms with Gasteiger partial charge in [-0.2, -0.15) is 0 Å². The van der Waals surface area contributed by atoms with Gasteiger partial charge in [0.2, 0.25) is 5.91 Å². The molecule has 3 N–H and O–H groups in total. The van der Waals surface area contributed by atoms with Gasteiger partial charge in [0, 0.05) is 6.07 Å². The molecule has 0 heterocycles. The Hall–Kier alpha value is -1.49. The largest absolute Gasteiger partial charge is 0.322 e. The Morgan fingerprint density at radius 1 is 1.39 bits per heavy atom. The third-order valence-corrected chi connectivity index (χ3v) is 3.41. The molecule has 1 amide bonds. The van der Waals surface area contributed by atoms with Crippen molar-refractivity contribution in [2.75, 3.05) is 5.32 Å². The van der Waals surface area contributed by atoms with Gasteiger partial charge in [-0.25, -0.2) is 8.78 Å². The fourth-order valence-corrected chi connectivity index (χ4v) is 1.87. The molecule has 1 saturated carbocycles. The van der Waals surface area contributed by atoms with Crippen LogP contribution in [0.1, 0.15) is 25.3 Å². The van der Waals surface area contributed by atoms with Gasteiger partial charge in [-0.1, -0.05) is 0 Å². The zero-order valence-corrected chi connectivity index (χ0v) is 10.4. The van der Waals surface area contributed by atoms with Gasteiger partial charge in [0.25, 0.3) is 0 Å².